The first kappa shape index (κ1) is 15.9. The number of carbonyl (C=O) groups is 3. The van der Waals surface area contributed by atoms with E-state index in [1.54, 1.807) is 0 Å². The molecule has 122 valence electrons. The molecule has 23 heavy (non-hydrogen) atoms. The molecule has 0 aromatic heterocycles. The second-order valence-corrected chi connectivity index (χ2v) is 7.15. The molecule has 1 amide bonds. The number of likely N-dealkylation sites (tertiary alicyclic amines) is 1. The molecule has 0 N–H and O–H groups in total. The molecular formula is C19H23NO3. The number of hydrogen-bond donors (Lipinski definition) is 0. The van der Waals surface area contributed by atoms with Gasteiger partial charge in [0.15, 0.2) is 0 Å². The van der Waals surface area contributed by atoms with Crippen molar-refractivity contribution in [3.63, 3.8) is 0 Å². The van der Waals surface area contributed by atoms with Crippen molar-refractivity contribution >= 4 is 17.5 Å². The highest BCUT2D eigenvalue weighted by Gasteiger charge is 2.42. The lowest BCUT2D eigenvalue weighted by Crippen LogP contribution is -2.46. The Balaban J connectivity index is 1.59. The summed E-state index contributed by atoms with van der Waals surface area (Å²) in [5.41, 5.74) is 2.03. The van der Waals surface area contributed by atoms with E-state index in [4.69, 9.17) is 0 Å². The van der Waals surface area contributed by atoms with Crippen molar-refractivity contribution < 1.29 is 14.4 Å². The fourth-order valence-corrected chi connectivity index (χ4v) is 3.94. The Morgan fingerprint density at radius 3 is 2.39 bits per heavy atom. The van der Waals surface area contributed by atoms with Gasteiger partial charge >= 0.3 is 0 Å². The predicted octanol–water partition coefficient (Wildman–Crippen LogP) is 2.47. The van der Waals surface area contributed by atoms with Crippen LogP contribution in [0.1, 0.15) is 43.2 Å². The SMILES string of the molecule is Cc1cccc(CC(=O)N2CCC3(CC2)CC(=O)CC(=O)C3)c1. The summed E-state index contributed by atoms with van der Waals surface area (Å²) in [6.45, 7) is 3.34. The number of hydrogen-bond acceptors (Lipinski definition) is 3. The monoisotopic (exact) mass is 313 g/mol. The number of nitrogens with zero attached hydrogens (tertiary/aromatic N) is 1. The Labute approximate surface area is 136 Å². The minimum absolute atomic E-state index is 0.0702. The lowest BCUT2D eigenvalue weighted by Gasteiger charge is -2.43. The number of rotatable bonds is 2. The molecule has 0 bridgehead atoms. The van der Waals surface area contributed by atoms with Crippen molar-refractivity contribution in [1.29, 1.82) is 0 Å². The molecule has 4 nitrogen and oxygen atoms in total. The van der Waals surface area contributed by atoms with Crippen LogP contribution in [0.3, 0.4) is 0 Å². The van der Waals surface area contributed by atoms with Gasteiger partial charge in [0.2, 0.25) is 5.91 Å². The molecule has 1 aliphatic heterocycles. The zero-order valence-electron chi connectivity index (χ0n) is 13.6. The van der Waals surface area contributed by atoms with Crippen LogP contribution in [-0.2, 0) is 20.8 Å². The van der Waals surface area contributed by atoms with Crippen molar-refractivity contribution in [2.24, 2.45) is 5.41 Å². The van der Waals surface area contributed by atoms with Crippen LogP contribution in [-0.4, -0.2) is 35.5 Å². The highest BCUT2D eigenvalue weighted by atomic mass is 16.2. The highest BCUT2D eigenvalue weighted by Crippen LogP contribution is 2.42. The first-order valence-electron chi connectivity index (χ1n) is 8.33. The zero-order valence-corrected chi connectivity index (χ0v) is 13.6. The summed E-state index contributed by atoms with van der Waals surface area (Å²) >= 11 is 0. The van der Waals surface area contributed by atoms with E-state index in [0.717, 1.165) is 24.0 Å². The van der Waals surface area contributed by atoms with Gasteiger partial charge in [0, 0.05) is 25.9 Å². The van der Waals surface area contributed by atoms with E-state index in [0.29, 0.717) is 32.4 Å². The second kappa shape index (κ2) is 6.26. The number of Topliss-reactive ketones (excluding diaryl/α,β-unsaturated/α-hetero) is 2. The first-order chi connectivity index (χ1) is 11.0. The average molecular weight is 313 g/mol. The number of benzene rings is 1. The summed E-state index contributed by atoms with van der Waals surface area (Å²) in [6.07, 6.45) is 3.09. The van der Waals surface area contributed by atoms with Crippen LogP contribution < -0.4 is 0 Å². The molecule has 1 aliphatic carbocycles. The van der Waals surface area contributed by atoms with E-state index in [1.165, 1.54) is 0 Å². The maximum Gasteiger partial charge on any atom is 0.226 e. The normalized spacial score (nSPS) is 20.8. The topological polar surface area (TPSA) is 54.5 Å². The van der Waals surface area contributed by atoms with Gasteiger partial charge in [-0.05, 0) is 30.7 Å². The van der Waals surface area contributed by atoms with Gasteiger partial charge in [0.25, 0.3) is 0 Å². The Hall–Kier alpha value is -1.97. The Morgan fingerprint density at radius 1 is 1.13 bits per heavy atom. The van der Waals surface area contributed by atoms with Crippen LogP contribution in [0, 0.1) is 12.3 Å². The van der Waals surface area contributed by atoms with Crippen molar-refractivity contribution in [2.45, 2.75) is 45.4 Å². The van der Waals surface area contributed by atoms with Crippen molar-refractivity contribution in [3.8, 4) is 0 Å². The molecule has 4 heteroatoms. The van der Waals surface area contributed by atoms with Gasteiger partial charge in [0.1, 0.15) is 11.6 Å². The molecule has 0 unspecified atom stereocenters. The number of aryl methyl sites for hydroxylation is 1. The third-order valence-corrected chi connectivity index (χ3v) is 5.15. The average Bonchev–Trinajstić information content (AvgIpc) is 2.46. The maximum atomic E-state index is 12.5. The van der Waals surface area contributed by atoms with Gasteiger partial charge in [-0.25, -0.2) is 0 Å². The Bertz CT molecular complexity index is 624. The van der Waals surface area contributed by atoms with Crippen LogP contribution >= 0.6 is 0 Å². The molecule has 1 heterocycles. The van der Waals surface area contributed by atoms with Crippen LogP contribution in [0.2, 0.25) is 0 Å². The molecule has 1 saturated heterocycles. The van der Waals surface area contributed by atoms with Gasteiger partial charge in [-0.2, -0.15) is 0 Å². The van der Waals surface area contributed by atoms with E-state index < -0.39 is 0 Å². The minimum atomic E-state index is -0.174. The summed E-state index contributed by atoms with van der Waals surface area (Å²) < 4.78 is 0. The van der Waals surface area contributed by atoms with E-state index in [2.05, 4.69) is 0 Å². The van der Waals surface area contributed by atoms with Crippen LogP contribution in [0.25, 0.3) is 0 Å². The summed E-state index contributed by atoms with van der Waals surface area (Å²) in [6, 6.07) is 8.02. The van der Waals surface area contributed by atoms with Crippen LogP contribution in [0.15, 0.2) is 24.3 Å². The van der Waals surface area contributed by atoms with Gasteiger partial charge in [-0.1, -0.05) is 29.8 Å². The summed E-state index contributed by atoms with van der Waals surface area (Å²) in [7, 11) is 0. The summed E-state index contributed by atoms with van der Waals surface area (Å²) in [5, 5.41) is 0. The predicted molar refractivity (Wildman–Crippen MR) is 87.0 cm³/mol. The lowest BCUT2D eigenvalue weighted by atomic mass is 9.67. The number of carbonyl (C=O) groups excluding carboxylic acids is 3. The van der Waals surface area contributed by atoms with Gasteiger partial charge < -0.3 is 4.90 Å². The maximum absolute atomic E-state index is 12.5. The van der Waals surface area contributed by atoms with Crippen LogP contribution in [0.4, 0.5) is 0 Å². The van der Waals surface area contributed by atoms with E-state index in [1.807, 2.05) is 36.1 Å². The van der Waals surface area contributed by atoms with Crippen molar-refractivity contribution in [3.05, 3.63) is 35.4 Å². The van der Waals surface area contributed by atoms with Gasteiger partial charge in [0.05, 0.1) is 12.8 Å². The number of amides is 1. The van der Waals surface area contributed by atoms with Crippen molar-refractivity contribution in [1.82, 2.24) is 4.90 Å². The highest BCUT2D eigenvalue weighted by molar-refractivity contribution is 6.02. The zero-order chi connectivity index (χ0) is 16.4. The molecule has 2 aliphatic rings. The fourth-order valence-electron chi connectivity index (χ4n) is 3.94. The molecule has 0 radical (unpaired) electrons. The van der Waals surface area contributed by atoms with Gasteiger partial charge in [-0.15, -0.1) is 0 Å². The smallest absolute Gasteiger partial charge is 0.226 e. The molecule has 2 fully saturated rings. The third kappa shape index (κ3) is 3.69. The number of piperidine rings is 1. The van der Waals surface area contributed by atoms with Gasteiger partial charge in [-0.3, -0.25) is 14.4 Å². The number of ketones is 2. The van der Waals surface area contributed by atoms with E-state index >= 15 is 0 Å². The summed E-state index contributed by atoms with van der Waals surface area (Å²) in [5.74, 6) is 0.278. The molecule has 0 atom stereocenters. The minimum Gasteiger partial charge on any atom is -0.342 e. The standard InChI is InChI=1S/C19H23NO3/c1-14-3-2-4-15(9-14)10-18(23)20-7-5-19(6-8-20)12-16(21)11-17(22)13-19/h2-4,9H,5-8,10-13H2,1H3. The Kier molecular flexibility index (Phi) is 4.33. The molecule has 1 aromatic rings. The third-order valence-electron chi connectivity index (χ3n) is 5.15. The van der Waals surface area contributed by atoms with Crippen molar-refractivity contribution in [2.75, 3.05) is 13.1 Å². The second-order valence-electron chi connectivity index (χ2n) is 7.15. The largest absolute Gasteiger partial charge is 0.342 e. The summed E-state index contributed by atoms with van der Waals surface area (Å²) in [4.78, 5) is 37.8. The molecule has 3 rings (SSSR count). The molecule has 1 aromatic carbocycles. The lowest BCUT2D eigenvalue weighted by molar-refractivity contribution is -0.138. The molecular weight excluding hydrogens is 290 g/mol. The van der Waals surface area contributed by atoms with E-state index in [9.17, 15) is 14.4 Å². The quantitative estimate of drug-likeness (QED) is 0.788. The van der Waals surface area contributed by atoms with Crippen LogP contribution in [0.5, 0.6) is 0 Å². The fraction of sp³-hybridized carbons (Fsp3) is 0.526. The molecule has 1 spiro atoms. The van der Waals surface area contributed by atoms with E-state index in [-0.39, 0.29) is 29.3 Å². The Morgan fingerprint density at radius 2 is 1.78 bits per heavy atom. The molecule has 1 saturated carbocycles. The first-order valence-corrected chi connectivity index (χ1v) is 8.33.